The molecule has 2 fully saturated rings. The lowest BCUT2D eigenvalue weighted by Crippen LogP contribution is -2.49. The van der Waals surface area contributed by atoms with E-state index in [0.29, 0.717) is 23.9 Å². The maximum absolute atomic E-state index is 12.8. The van der Waals surface area contributed by atoms with Gasteiger partial charge in [-0.15, -0.1) is 0 Å². The first-order valence-electron chi connectivity index (χ1n) is 8.03. The Bertz CT molecular complexity index is 651. The highest BCUT2D eigenvalue weighted by atomic mass is 79.9. The van der Waals surface area contributed by atoms with Crippen LogP contribution in [-0.2, 0) is 14.8 Å². The van der Waals surface area contributed by atoms with Crippen molar-refractivity contribution in [1.82, 2.24) is 9.21 Å². The average molecular weight is 403 g/mol. The molecule has 23 heavy (non-hydrogen) atoms. The first-order chi connectivity index (χ1) is 11.0. The van der Waals surface area contributed by atoms with Crippen molar-refractivity contribution in [2.24, 2.45) is 5.92 Å². The highest BCUT2D eigenvalue weighted by molar-refractivity contribution is 9.10. The Hall–Kier alpha value is -0.470. The molecule has 0 radical (unpaired) electrons. The van der Waals surface area contributed by atoms with Gasteiger partial charge in [-0.2, -0.15) is 4.31 Å². The van der Waals surface area contributed by atoms with Crippen LogP contribution in [0.4, 0.5) is 0 Å². The van der Waals surface area contributed by atoms with E-state index in [1.807, 2.05) is 6.92 Å². The molecule has 0 saturated carbocycles. The summed E-state index contributed by atoms with van der Waals surface area (Å²) in [5, 5.41) is 0. The fraction of sp³-hybridized carbons (Fsp3) is 0.625. The Labute approximate surface area is 146 Å². The molecule has 3 rings (SSSR count). The molecular weight excluding hydrogens is 380 g/mol. The number of piperazine rings is 1. The summed E-state index contributed by atoms with van der Waals surface area (Å²) in [4.78, 5) is 2.74. The summed E-state index contributed by atoms with van der Waals surface area (Å²) >= 11 is 3.42. The first kappa shape index (κ1) is 17.4. The van der Waals surface area contributed by atoms with Gasteiger partial charge in [0.1, 0.15) is 0 Å². The highest BCUT2D eigenvalue weighted by Gasteiger charge is 2.30. The molecule has 1 atom stereocenters. The van der Waals surface area contributed by atoms with Gasteiger partial charge in [-0.25, -0.2) is 8.42 Å². The normalized spacial score (nSPS) is 24.2. The SMILES string of the molecule is Cc1cc(S(=O)(=O)N2CCN(CC3CCOC3)CC2)ccc1Br. The van der Waals surface area contributed by atoms with Gasteiger partial charge in [-0.3, -0.25) is 0 Å². The van der Waals surface area contributed by atoms with Crippen LogP contribution in [0.5, 0.6) is 0 Å². The number of halogens is 1. The molecule has 2 aliphatic heterocycles. The Morgan fingerprint density at radius 2 is 2.00 bits per heavy atom. The number of nitrogens with zero attached hydrogens (tertiary/aromatic N) is 2. The van der Waals surface area contributed by atoms with Gasteiger partial charge >= 0.3 is 0 Å². The van der Waals surface area contributed by atoms with Gasteiger partial charge in [0.2, 0.25) is 10.0 Å². The molecule has 1 aromatic rings. The van der Waals surface area contributed by atoms with E-state index in [9.17, 15) is 8.42 Å². The lowest BCUT2D eigenvalue weighted by atomic mass is 10.1. The van der Waals surface area contributed by atoms with Crippen LogP contribution in [0.1, 0.15) is 12.0 Å². The lowest BCUT2D eigenvalue weighted by molar-refractivity contribution is 0.143. The van der Waals surface area contributed by atoms with Crippen molar-refractivity contribution in [3.63, 3.8) is 0 Å². The third kappa shape index (κ3) is 3.96. The van der Waals surface area contributed by atoms with E-state index in [4.69, 9.17) is 4.74 Å². The van der Waals surface area contributed by atoms with Crippen LogP contribution in [0.3, 0.4) is 0 Å². The van der Waals surface area contributed by atoms with Crippen LogP contribution in [0, 0.1) is 12.8 Å². The first-order valence-corrected chi connectivity index (χ1v) is 10.3. The fourth-order valence-electron chi connectivity index (χ4n) is 3.17. The van der Waals surface area contributed by atoms with E-state index in [1.54, 1.807) is 22.5 Å². The fourth-order valence-corrected chi connectivity index (χ4v) is 4.93. The predicted octanol–water partition coefficient (Wildman–Crippen LogP) is 2.10. The van der Waals surface area contributed by atoms with Crippen LogP contribution in [-0.4, -0.2) is 63.6 Å². The van der Waals surface area contributed by atoms with Crippen molar-refractivity contribution in [3.8, 4) is 0 Å². The van der Waals surface area contributed by atoms with Crippen LogP contribution >= 0.6 is 15.9 Å². The number of rotatable bonds is 4. The Morgan fingerprint density at radius 3 is 2.61 bits per heavy atom. The van der Waals surface area contributed by atoms with Crippen LogP contribution < -0.4 is 0 Å². The summed E-state index contributed by atoms with van der Waals surface area (Å²) in [6.45, 7) is 7.35. The molecule has 1 unspecified atom stereocenters. The lowest BCUT2D eigenvalue weighted by Gasteiger charge is -2.35. The van der Waals surface area contributed by atoms with Crippen molar-refractivity contribution in [2.45, 2.75) is 18.2 Å². The summed E-state index contributed by atoms with van der Waals surface area (Å²) in [5.41, 5.74) is 0.936. The maximum Gasteiger partial charge on any atom is 0.243 e. The number of benzene rings is 1. The third-order valence-electron chi connectivity index (χ3n) is 4.64. The average Bonchev–Trinajstić information content (AvgIpc) is 3.03. The molecule has 0 spiro atoms. The molecule has 1 aromatic carbocycles. The van der Waals surface area contributed by atoms with E-state index in [2.05, 4.69) is 20.8 Å². The molecule has 0 N–H and O–H groups in total. The van der Waals surface area contributed by atoms with E-state index < -0.39 is 10.0 Å². The Kier molecular flexibility index (Phi) is 5.42. The number of hydrogen-bond donors (Lipinski definition) is 0. The van der Waals surface area contributed by atoms with Gasteiger partial charge < -0.3 is 9.64 Å². The second-order valence-electron chi connectivity index (χ2n) is 6.35. The minimum Gasteiger partial charge on any atom is -0.381 e. The smallest absolute Gasteiger partial charge is 0.243 e. The molecule has 128 valence electrons. The number of sulfonamides is 1. The van der Waals surface area contributed by atoms with E-state index in [-0.39, 0.29) is 0 Å². The van der Waals surface area contributed by atoms with Gasteiger partial charge in [0.15, 0.2) is 0 Å². The number of ether oxygens (including phenoxy) is 1. The van der Waals surface area contributed by atoms with Crippen molar-refractivity contribution in [1.29, 1.82) is 0 Å². The second kappa shape index (κ2) is 7.19. The number of hydrogen-bond acceptors (Lipinski definition) is 4. The van der Waals surface area contributed by atoms with Gasteiger partial charge in [0.05, 0.1) is 11.5 Å². The second-order valence-corrected chi connectivity index (χ2v) is 9.14. The summed E-state index contributed by atoms with van der Waals surface area (Å²) in [6.07, 6.45) is 1.12. The summed E-state index contributed by atoms with van der Waals surface area (Å²) in [6, 6.07) is 5.22. The standard InChI is InChI=1S/C16H23BrN2O3S/c1-13-10-15(2-3-16(13)17)23(20,21)19-7-5-18(6-8-19)11-14-4-9-22-12-14/h2-3,10,14H,4-9,11-12H2,1H3. The molecule has 0 bridgehead atoms. The van der Waals surface area contributed by atoms with Gasteiger partial charge in [-0.05, 0) is 43.0 Å². The van der Waals surface area contributed by atoms with Crippen LogP contribution in [0.15, 0.2) is 27.6 Å². The zero-order valence-corrected chi connectivity index (χ0v) is 15.8. The minimum atomic E-state index is -3.39. The largest absolute Gasteiger partial charge is 0.381 e. The maximum atomic E-state index is 12.8. The highest BCUT2D eigenvalue weighted by Crippen LogP contribution is 2.24. The van der Waals surface area contributed by atoms with Gasteiger partial charge in [0, 0.05) is 43.8 Å². The molecule has 2 aliphatic rings. The zero-order chi connectivity index (χ0) is 16.4. The van der Waals surface area contributed by atoms with Crippen LogP contribution in [0.25, 0.3) is 0 Å². The van der Waals surface area contributed by atoms with Gasteiger partial charge in [0.25, 0.3) is 0 Å². The van der Waals surface area contributed by atoms with Crippen molar-refractivity contribution in [3.05, 3.63) is 28.2 Å². The molecule has 7 heteroatoms. The Balaban J connectivity index is 1.62. The molecule has 0 aliphatic carbocycles. The third-order valence-corrected chi connectivity index (χ3v) is 7.42. The summed E-state index contributed by atoms with van der Waals surface area (Å²) < 4.78 is 33.5. The van der Waals surface area contributed by atoms with E-state index in [0.717, 1.165) is 49.3 Å². The quantitative estimate of drug-likeness (QED) is 0.773. The minimum absolute atomic E-state index is 0.385. The summed E-state index contributed by atoms with van der Waals surface area (Å²) in [5.74, 6) is 0.604. The van der Waals surface area contributed by atoms with E-state index in [1.165, 1.54) is 0 Å². The topological polar surface area (TPSA) is 49.9 Å². The monoisotopic (exact) mass is 402 g/mol. The van der Waals surface area contributed by atoms with Gasteiger partial charge in [-0.1, -0.05) is 15.9 Å². The number of aryl methyl sites for hydroxylation is 1. The predicted molar refractivity (Wildman–Crippen MR) is 93.0 cm³/mol. The molecule has 2 heterocycles. The summed E-state index contributed by atoms with van der Waals surface area (Å²) in [7, 11) is -3.39. The van der Waals surface area contributed by atoms with Crippen molar-refractivity contribution >= 4 is 26.0 Å². The Morgan fingerprint density at radius 1 is 1.26 bits per heavy atom. The zero-order valence-electron chi connectivity index (χ0n) is 13.4. The van der Waals surface area contributed by atoms with Crippen LogP contribution in [0.2, 0.25) is 0 Å². The van der Waals surface area contributed by atoms with Crippen molar-refractivity contribution < 1.29 is 13.2 Å². The van der Waals surface area contributed by atoms with Crippen molar-refractivity contribution in [2.75, 3.05) is 45.9 Å². The van der Waals surface area contributed by atoms with E-state index >= 15 is 0 Å². The molecule has 2 saturated heterocycles. The molecule has 5 nitrogen and oxygen atoms in total. The molecule has 0 amide bonds. The molecular formula is C16H23BrN2O3S. The molecule has 0 aromatic heterocycles.